The second-order valence-corrected chi connectivity index (χ2v) is 1.55. The Morgan fingerprint density at radius 3 is 2.38 bits per heavy atom. The molecule has 0 aromatic rings. The molecule has 0 unspecified atom stereocenters. The fraction of sp³-hybridized carbons (Fsp3) is 0.500. The van der Waals surface area contributed by atoms with Crippen molar-refractivity contribution in [1.82, 2.24) is 0 Å². The Balaban J connectivity index is 3.40. The molecule has 0 aromatic heterocycles. The second-order valence-electron chi connectivity index (χ2n) is 1.55. The third-order valence-corrected chi connectivity index (χ3v) is 0.692. The Hall–Kier alpha value is -0.790. The van der Waals surface area contributed by atoms with Crippen molar-refractivity contribution < 1.29 is 4.74 Å². The molecule has 0 aromatic carbocycles. The average molecular weight is 113 g/mol. The number of allylic oxidation sites excluding steroid dienone is 1. The van der Waals surface area contributed by atoms with E-state index in [2.05, 4.69) is 6.58 Å². The van der Waals surface area contributed by atoms with Crippen LogP contribution in [0, 0.1) is 5.41 Å². The van der Waals surface area contributed by atoms with Crippen LogP contribution in [-0.2, 0) is 4.74 Å². The lowest BCUT2D eigenvalue weighted by Crippen LogP contribution is -1.94. The highest BCUT2D eigenvalue weighted by molar-refractivity contribution is 5.70. The van der Waals surface area contributed by atoms with E-state index in [1.165, 1.54) is 0 Å². The molecule has 0 fully saturated rings. The van der Waals surface area contributed by atoms with Crippen LogP contribution in [0.1, 0.15) is 20.3 Å². The molecule has 0 aliphatic heterocycles. The van der Waals surface area contributed by atoms with Crippen LogP contribution in [0.15, 0.2) is 12.3 Å². The van der Waals surface area contributed by atoms with Gasteiger partial charge in [-0.15, -0.1) is 0 Å². The van der Waals surface area contributed by atoms with Crippen LogP contribution in [-0.4, -0.2) is 5.90 Å². The fourth-order valence-electron chi connectivity index (χ4n) is 0.289. The van der Waals surface area contributed by atoms with Gasteiger partial charge in [-0.1, -0.05) is 13.5 Å². The van der Waals surface area contributed by atoms with Crippen LogP contribution < -0.4 is 0 Å². The summed E-state index contributed by atoms with van der Waals surface area (Å²) in [5.74, 6) is 0.856. The molecule has 0 bridgehead atoms. The Labute approximate surface area is 49.7 Å². The van der Waals surface area contributed by atoms with Gasteiger partial charge in [-0.2, -0.15) is 0 Å². The topological polar surface area (TPSA) is 33.1 Å². The Bertz CT molecular complexity index is 107. The van der Waals surface area contributed by atoms with Crippen molar-refractivity contribution in [1.29, 1.82) is 5.41 Å². The number of nitrogens with one attached hydrogen (secondary N) is 1. The van der Waals surface area contributed by atoms with Gasteiger partial charge in [0.25, 0.3) is 0 Å². The summed E-state index contributed by atoms with van der Waals surface area (Å²) in [6.45, 7) is 7.07. The predicted molar refractivity (Wildman–Crippen MR) is 33.9 cm³/mol. The highest BCUT2D eigenvalue weighted by atomic mass is 16.5. The zero-order valence-corrected chi connectivity index (χ0v) is 5.32. The minimum atomic E-state index is 0.205. The van der Waals surface area contributed by atoms with Crippen LogP contribution in [0.2, 0.25) is 0 Å². The molecule has 0 saturated carbocycles. The van der Waals surface area contributed by atoms with Crippen molar-refractivity contribution in [2.75, 3.05) is 0 Å². The molecule has 1 N–H and O–H groups in total. The lowest BCUT2D eigenvalue weighted by Gasteiger charge is -2.01. The summed E-state index contributed by atoms with van der Waals surface area (Å²) in [6.07, 6.45) is 0.774. The predicted octanol–water partition coefficient (Wildman–Crippen LogP) is 1.92. The van der Waals surface area contributed by atoms with Crippen LogP contribution in [0.3, 0.4) is 0 Å². The molecule has 0 heterocycles. The van der Waals surface area contributed by atoms with Crippen molar-refractivity contribution in [2.24, 2.45) is 0 Å². The van der Waals surface area contributed by atoms with Gasteiger partial charge in [0.1, 0.15) is 0 Å². The van der Waals surface area contributed by atoms with E-state index in [1.54, 1.807) is 6.92 Å². The molecule has 0 aliphatic rings. The van der Waals surface area contributed by atoms with Crippen molar-refractivity contribution in [3.8, 4) is 0 Å². The van der Waals surface area contributed by atoms with Gasteiger partial charge in [-0.25, -0.2) is 0 Å². The van der Waals surface area contributed by atoms with Gasteiger partial charge in [0.2, 0.25) is 0 Å². The van der Waals surface area contributed by atoms with E-state index in [4.69, 9.17) is 10.1 Å². The first kappa shape index (κ1) is 7.21. The summed E-state index contributed by atoms with van der Waals surface area (Å²) in [6, 6.07) is 0. The minimum absolute atomic E-state index is 0.205. The van der Waals surface area contributed by atoms with Gasteiger partial charge >= 0.3 is 0 Å². The van der Waals surface area contributed by atoms with E-state index in [0.29, 0.717) is 5.76 Å². The maximum Gasteiger partial charge on any atom is 0.183 e. The van der Waals surface area contributed by atoms with E-state index < -0.39 is 0 Å². The van der Waals surface area contributed by atoms with E-state index >= 15 is 0 Å². The molecule has 0 atom stereocenters. The summed E-state index contributed by atoms with van der Waals surface area (Å²) in [5, 5.41) is 6.84. The molecule has 0 amide bonds. The first-order valence-corrected chi connectivity index (χ1v) is 2.57. The molecule has 0 radical (unpaired) electrons. The monoisotopic (exact) mass is 113 g/mol. The highest BCUT2D eigenvalue weighted by Crippen LogP contribution is 1.97. The van der Waals surface area contributed by atoms with E-state index in [1.807, 2.05) is 6.92 Å². The smallest absolute Gasteiger partial charge is 0.183 e. The molecular weight excluding hydrogens is 102 g/mol. The quantitative estimate of drug-likeness (QED) is 0.331. The fourth-order valence-corrected chi connectivity index (χ4v) is 0.289. The Morgan fingerprint density at radius 2 is 2.25 bits per heavy atom. The third-order valence-electron chi connectivity index (χ3n) is 0.692. The summed E-state index contributed by atoms with van der Waals surface area (Å²) >= 11 is 0. The normalized spacial score (nSPS) is 8.25. The van der Waals surface area contributed by atoms with Crippen LogP contribution >= 0.6 is 0 Å². The van der Waals surface area contributed by atoms with E-state index in [0.717, 1.165) is 6.42 Å². The molecule has 8 heavy (non-hydrogen) atoms. The maximum atomic E-state index is 6.84. The molecule has 0 rings (SSSR count). The second kappa shape index (κ2) is 3.24. The lowest BCUT2D eigenvalue weighted by atomic mass is 10.4. The third kappa shape index (κ3) is 3.40. The summed E-state index contributed by atoms with van der Waals surface area (Å²) in [5.41, 5.74) is 0. The molecule has 2 heteroatoms. The summed E-state index contributed by atoms with van der Waals surface area (Å²) < 4.78 is 4.79. The highest BCUT2D eigenvalue weighted by Gasteiger charge is 1.89. The van der Waals surface area contributed by atoms with Gasteiger partial charge in [0.05, 0.1) is 5.76 Å². The SMILES string of the molecule is C=C(CC)OC(C)=N. The van der Waals surface area contributed by atoms with Crippen molar-refractivity contribution in [3.63, 3.8) is 0 Å². The number of hydrogen-bond acceptors (Lipinski definition) is 2. The van der Waals surface area contributed by atoms with Gasteiger partial charge in [-0.05, 0) is 0 Å². The van der Waals surface area contributed by atoms with Crippen LogP contribution in [0.5, 0.6) is 0 Å². The molecule has 0 aliphatic carbocycles. The minimum Gasteiger partial charge on any atom is -0.449 e. The zero-order chi connectivity index (χ0) is 6.57. The summed E-state index contributed by atoms with van der Waals surface area (Å²) in [7, 11) is 0. The lowest BCUT2D eigenvalue weighted by molar-refractivity contribution is 0.395. The molecule has 0 spiro atoms. The number of rotatable bonds is 2. The van der Waals surface area contributed by atoms with Crippen LogP contribution in [0.25, 0.3) is 0 Å². The number of hydrogen-bond donors (Lipinski definition) is 1. The maximum absolute atomic E-state index is 6.84. The van der Waals surface area contributed by atoms with Gasteiger partial charge in [-0.3, -0.25) is 5.41 Å². The van der Waals surface area contributed by atoms with Gasteiger partial charge in [0, 0.05) is 13.3 Å². The Morgan fingerprint density at radius 1 is 1.75 bits per heavy atom. The van der Waals surface area contributed by atoms with Crippen molar-refractivity contribution in [3.05, 3.63) is 12.3 Å². The van der Waals surface area contributed by atoms with E-state index in [-0.39, 0.29) is 5.90 Å². The first-order chi connectivity index (χ1) is 3.66. The van der Waals surface area contributed by atoms with Gasteiger partial charge < -0.3 is 4.74 Å². The van der Waals surface area contributed by atoms with Crippen molar-refractivity contribution >= 4 is 5.90 Å². The largest absolute Gasteiger partial charge is 0.449 e. The molecule has 46 valence electrons. The Kier molecular flexibility index (Phi) is 2.92. The standard InChI is InChI=1S/C6H11NO/c1-4-5(2)8-6(3)7/h7H,2,4H2,1,3H3. The first-order valence-electron chi connectivity index (χ1n) is 2.57. The average Bonchev–Trinajstić information content (AvgIpc) is 1.65. The number of ether oxygens (including phenoxy) is 1. The molecular formula is C6H11NO. The summed E-state index contributed by atoms with van der Waals surface area (Å²) in [4.78, 5) is 0. The van der Waals surface area contributed by atoms with Crippen molar-refractivity contribution in [2.45, 2.75) is 20.3 Å². The van der Waals surface area contributed by atoms with Gasteiger partial charge in [0.15, 0.2) is 5.90 Å². The molecule has 0 saturated heterocycles. The molecule has 2 nitrogen and oxygen atoms in total. The van der Waals surface area contributed by atoms with E-state index in [9.17, 15) is 0 Å². The zero-order valence-electron chi connectivity index (χ0n) is 5.32. The van der Waals surface area contributed by atoms with Crippen LogP contribution in [0.4, 0.5) is 0 Å².